The van der Waals surface area contributed by atoms with Gasteiger partial charge in [-0.25, -0.2) is 0 Å². The van der Waals surface area contributed by atoms with E-state index in [0.717, 1.165) is 6.42 Å². The van der Waals surface area contributed by atoms with Gasteiger partial charge in [-0.1, -0.05) is 19.9 Å². The number of carbonyl (C=O) groups is 4. The van der Waals surface area contributed by atoms with E-state index in [4.69, 9.17) is 0 Å². The van der Waals surface area contributed by atoms with E-state index in [1.165, 1.54) is 4.90 Å². The molecule has 0 bridgehead atoms. The highest BCUT2D eigenvalue weighted by Crippen LogP contribution is 2.22. The monoisotopic (exact) mass is 408 g/mol. The Morgan fingerprint density at radius 1 is 1.24 bits per heavy atom. The van der Waals surface area contributed by atoms with Gasteiger partial charge in [0.15, 0.2) is 0 Å². The fourth-order valence-electron chi connectivity index (χ4n) is 3.46. The smallest absolute Gasteiger partial charge is 0.249 e. The van der Waals surface area contributed by atoms with E-state index in [2.05, 4.69) is 10.6 Å². The van der Waals surface area contributed by atoms with Gasteiger partial charge >= 0.3 is 0 Å². The lowest BCUT2D eigenvalue weighted by Gasteiger charge is -2.31. The molecule has 29 heavy (non-hydrogen) atoms. The number of hydrogen-bond acceptors (Lipinski definition) is 4. The zero-order chi connectivity index (χ0) is 22.4. The summed E-state index contributed by atoms with van der Waals surface area (Å²) in [6.45, 7) is 11.8. The molecular weight excluding hydrogens is 372 g/mol. The lowest BCUT2D eigenvalue weighted by Crippen LogP contribution is -2.51. The SMILES string of the molecule is C/C(=C\[C@H](C(C)C)N(C)C(=O)CNC=O)C(=O)N1CCC[C@H]1C(=O)NC(C)(C)C. The maximum absolute atomic E-state index is 13.1. The molecule has 0 saturated carbocycles. The quantitative estimate of drug-likeness (QED) is 0.464. The maximum atomic E-state index is 13.1. The Labute approximate surface area is 174 Å². The van der Waals surface area contributed by atoms with Crippen molar-refractivity contribution in [3.63, 3.8) is 0 Å². The van der Waals surface area contributed by atoms with Crippen LogP contribution in [0.5, 0.6) is 0 Å². The highest BCUT2D eigenvalue weighted by Gasteiger charge is 2.36. The highest BCUT2D eigenvalue weighted by atomic mass is 16.2. The molecule has 1 aliphatic heterocycles. The Bertz CT molecular complexity index is 652. The van der Waals surface area contributed by atoms with Crippen LogP contribution in [0, 0.1) is 5.92 Å². The average molecular weight is 409 g/mol. The average Bonchev–Trinajstić information content (AvgIpc) is 3.10. The largest absolute Gasteiger partial charge is 0.350 e. The number of hydrogen-bond donors (Lipinski definition) is 2. The molecule has 1 aliphatic rings. The molecular formula is C21H36N4O4. The van der Waals surface area contributed by atoms with Crippen LogP contribution in [0.3, 0.4) is 0 Å². The van der Waals surface area contributed by atoms with Crippen molar-refractivity contribution in [3.05, 3.63) is 11.6 Å². The molecule has 0 spiro atoms. The van der Waals surface area contributed by atoms with Gasteiger partial charge in [0.25, 0.3) is 0 Å². The molecule has 4 amide bonds. The van der Waals surface area contributed by atoms with Gasteiger partial charge in [-0.15, -0.1) is 0 Å². The molecule has 164 valence electrons. The molecule has 8 heteroatoms. The predicted molar refractivity (Wildman–Crippen MR) is 112 cm³/mol. The first-order valence-corrected chi connectivity index (χ1v) is 10.1. The Kier molecular flexibility index (Phi) is 8.85. The van der Waals surface area contributed by atoms with Crippen molar-refractivity contribution in [3.8, 4) is 0 Å². The van der Waals surface area contributed by atoms with Gasteiger partial charge in [0, 0.05) is 24.7 Å². The van der Waals surface area contributed by atoms with Crippen molar-refractivity contribution in [2.45, 2.75) is 72.0 Å². The zero-order valence-corrected chi connectivity index (χ0v) is 18.7. The second-order valence-electron chi connectivity index (χ2n) is 8.98. The lowest BCUT2D eigenvalue weighted by molar-refractivity contribution is -0.136. The minimum Gasteiger partial charge on any atom is -0.350 e. The number of rotatable bonds is 8. The first-order valence-electron chi connectivity index (χ1n) is 10.1. The molecule has 1 fully saturated rings. The molecule has 1 heterocycles. The van der Waals surface area contributed by atoms with E-state index < -0.39 is 6.04 Å². The molecule has 0 radical (unpaired) electrons. The molecule has 1 saturated heterocycles. The summed E-state index contributed by atoms with van der Waals surface area (Å²) < 4.78 is 0. The first kappa shape index (κ1) is 24.7. The van der Waals surface area contributed by atoms with Crippen LogP contribution in [0.1, 0.15) is 54.4 Å². The van der Waals surface area contributed by atoms with Gasteiger partial charge in [0.1, 0.15) is 6.04 Å². The van der Waals surface area contributed by atoms with Gasteiger partial charge in [0.2, 0.25) is 24.1 Å². The minimum absolute atomic E-state index is 0.0708. The maximum Gasteiger partial charge on any atom is 0.249 e. The van der Waals surface area contributed by atoms with Gasteiger partial charge in [0.05, 0.1) is 12.6 Å². The molecule has 0 aromatic heterocycles. The van der Waals surface area contributed by atoms with Gasteiger partial charge in [-0.05, 0) is 46.5 Å². The van der Waals surface area contributed by atoms with Gasteiger partial charge in [-0.3, -0.25) is 19.2 Å². The van der Waals surface area contributed by atoms with E-state index in [9.17, 15) is 19.2 Å². The van der Waals surface area contributed by atoms with E-state index in [0.29, 0.717) is 24.9 Å². The summed E-state index contributed by atoms with van der Waals surface area (Å²) in [4.78, 5) is 51.5. The van der Waals surface area contributed by atoms with Gasteiger partial charge in [-0.2, -0.15) is 0 Å². The Morgan fingerprint density at radius 2 is 1.86 bits per heavy atom. The third-order valence-corrected chi connectivity index (χ3v) is 4.93. The van der Waals surface area contributed by atoms with Crippen LogP contribution in [0.2, 0.25) is 0 Å². The topological polar surface area (TPSA) is 98.8 Å². The standard InChI is InChI=1S/C21H36N4O4/c1-14(2)17(24(7)18(27)12-22-13-26)11-15(3)20(29)25-10-8-9-16(25)19(28)23-21(4,5)6/h11,13-14,16-17H,8-10,12H2,1-7H3,(H,22,26)(H,23,28)/b15-11+/t16-,17+/m0/s1. The molecule has 0 aromatic rings. The first-order chi connectivity index (χ1) is 13.4. The fraction of sp³-hybridized carbons (Fsp3) is 0.714. The van der Waals surface area contributed by atoms with Crippen LogP contribution < -0.4 is 10.6 Å². The van der Waals surface area contributed by atoms with Crippen LogP contribution in [0.15, 0.2) is 11.6 Å². The van der Waals surface area contributed by atoms with Crippen molar-refractivity contribution in [2.75, 3.05) is 20.1 Å². The second-order valence-corrected chi connectivity index (χ2v) is 8.98. The van der Waals surface area contributed by atoms with Crippen molar-refractivity contribution < 1.29 is 19.2 Å². The number of carbonyl (C=O) groups excluding carboxylic acids is 4. The van der Waals surface area contributed by atoms with Crippen molar-refractivity contribution in [1.82, 2.24) is 20.4 Å². The molecule has 0 aliphatic carbocycles. The summed E-state index contributed by atoms with van der Waals surface area (Å²) in [7, 11) is 1.66. The number of nitrogens with one attached hydrogen (secondary N) is 2. The summed E-state index contributed by atoms with van der Waals surface area (Å²) in [5.41, 5.74) is 0.142. The van der Waals surface area contributed by atoms with E-state index in [1.807, 2.05) is 34.6 Å². The third-order valence-electron chi connectivity index (χ3n) is 4.93. The zero-order valence-electron chi connectivity index (χ0n) is 18.7. The van der Waals surface area contributed by atoms with Crippen molar-refractivity contribution in [1.29, 1.82) is 0 Å². The molecule has 1 rings (SSSR count). The lowest BCUT2D eigenvalue weighted by atomic mass is 9.99. The van der Waals surface area contributed by atoms with Crippen LogP contribution >= 0.6 is 0 Å². The normalized spacial score (nSPS) is 18.4. The summed E-state index contributed by atoms with van der Waals surface area (Å²) in [5, 5.41) is 5.32. The molecule has 2 N–H and O–H groups in total. The predicted octanol–water partition coefficient (Wildman–Crippen LogP) is 1.07. The van der Waals surface area contributed by atoms with Crippen LogP contribution in [0.25, 0.3) is 0 Å². The number of likely N-dealkylation sites (tertiary alicyclic amines) is 1. The van der Waals surface area contributed by atoms with Crippen molar-refractivity contribution in [2.24, 2.45) is 5.92 Å². The number of nitrogens with zero attached hydrogens (tertiary/aromatic N) is 2. The molecule has 0 unspecified atom stereocenters. The number of amides is 4. The molecule has 0 aromatic carbocycles. The summed E-state index contributed by atoms with van der Waals surface area (Å²) >= 11 is 0. The fourth-order valence-corrected chi connectivity index (χ4v) is 3.46. The summed E-state index contributed by atoms with van der Waals surface area (Å²) in [6, 6.07) is -0.775. The van der Waals surface area contributed by atoms with E-state index in [1.54, 1.807) is 24.9 Å². The number of likely N-dealkylation sites (N-methyl/N-ethyl adjacent to an activating group) is 1. The Hall–Kier alpha value is -2.38. The molecule has 8 nitrogen and oxygen atoms in total. The van der Waals surface area contributed by atoms with Crippen LogP contribution in [0.4, 0.5) is 0 Å². The van der Waals surface area contributed by atoms with Gasteiger partial charge < -0.3 is 20.4 Å². The Balaban J connectivity index is 2.97. The summed E-state index contributed by atoms with van der Waals surface area (Å²) in [5.74, 6) is -0.490. The second kappa shape index (κ2) is 10.4. The van der Waals surface area contributed by atoms with E-state index >= 15 is 0 Å². The van der Waals surface area contributed by atoms with Crippen LogP contribution in [-0.2, 0) is 19.2 Å². The van der Waals surface area contributed by atoms with Crippen molar-refractivity contribution >= 4 is 24.1 Å². The highest BCUT2D eigenvalue weighted by molar-refractivity contribution is 5.97. The van der Waals surface area contributed by atoms with Crippen LogP contribution in [-0.4, -0.2) is 71.7 Å². The minimum atomic E-state index is -0.473. The van der Waals surface area contributed by atoms with E-state index in [-0.39, 0.29) is 41.8 Å². The summed E-state index contributed by atoms with van der Waals surface area (Å²) in [6.07, 6.45) is 3.69. The Morgan fingerprint density at radius 3 is 2.38 bits per heavy atom. The third kappa shape index (κ3) is 7.18. The molecule has 2 atom stereocenters.